The van der Waals surface area contributed by atoms with Gasteiger partial charge in [-0.3, -0.25) is 9.58 Å². The van der Waals surface area contributed by atoms with Crippen LogP contribution in [-0.4, -0.2) is 53.1 Å². The molecule has 0 saturated carbocycles. The monoisotopic (exact) mass is 381 g/mol. The minimum Gasteiger partial charge on any atom is -0.373 e. The number of hydrogen-bond acceptors (Lipinski definition) is 5. The van der Waals surface area contributed by atoms with Gasteiger partial charge in [-0.2, -0.15) is 10.4 Å². The van der Waals surface area contributed by atoms with E-state index < -0.39 is 0 Å². The van der Waals surface area contributed by atoms with E-state index in [2.05, 4.69) is 48.5 Å². The summed E-state index contributed by atoms with van der Waals surface area (Å²) in [7, 11) is 0. The van der Waals surface area contributed by atoms with Gasteiger partial charge >= 0.3 is 0 Å². The average molecular weight is 382 g/mol. The van der Waals surface area contributed by atoms with E-state index in [0.717, 1.165) is 50.4 Å². The van der Waals surface area contributed by atoms with Gasteiger partial charge in [0.05, 0.1) is 36.9 Å². The van der Waals surface area contributed by atoms with E-state index in [9.17, 15) is 0 Å². The molecule has 6 nitrogen and oxygen atoms in total. The predicted molar refractivity (Wildman–Crippen MR) is 111 cm³/mol. The largest absolute Gasteiger partial charge is 0.373 e. The number of morpholine rings is 1. The summed E-state index contributed by atoms with van der Waals surface area (Å²) < 4.78 is 7.69. The molecule has 2 heterocycles. The zero-order valence-electron chi connectivity index (χ0n) is 17.0. The lowest BCUT2D eigenvalue weighted by molar-refractivity contribution is -0.0680. The summed E-state index contributed by atoms with van der Waals surface area (Å²) in [5, 5.41) is 17.1. The van der Waals surface area contributed by atoms with E-state index >= 15 is 0 Å². The minimum absolute atomic E-state index is 0.324. The molecule has 0 aliphatic carbocycles. The van der Waals surface area contributed by atoms with Gasteiger partial charge in [-0.25, -0.2) is 0 Å². The Morgan fingerprint density at radius 3 is 2.64 bits per heavy atom. The van der Waals surface area contributed by atoms with Gasteiger partial charge < -0.3 is 10.1 Å². The molecule has 1 aromatic heterocycles. The van der Waals surface area contributed by atoms with Crippen LogP contribution < -0.4 is 5.32 Å². The predicted octanol–water partition coefficient (Wildman–Crippen LogP) is 3.05. The van der Waals surface area contributed by atoms with Crippen LogP contribution in [0.2, 0.25) is 0 Å². The van der Waals surface area contributed by atoms with Crippen LogP contribution in [0.25, 0.3) is 11.3 Å². The van der Waals surface area contributed by atoms with Gasteiger partial charge in [-0.15, -0.1) is 0 Å². The maximum atomic E-state index is 8.85. The first-order valence-electron chi connectivity index (χ1n) is 10.2. The van der Waals surface area contributed by atoms with E-state index in [4.69, 9.17) is 15.1 Å². The summed E-state index contributed by atoms with van der Waals surface area (Å²) >= 11 is 0. The number of nitrogens with one attached hydrogen (secondary N) is 1. The SMILES string of the molecule is CC1CN(CCCNCc2cn(CCC#N)nc2-c2ccccc2)CC(C)O1. The van der Waals surface area contributed by atoms with Gasteiger partial charge in [-0.1, -0.05) is 30.3 Å². The molecule has 2 aromatic rings. The molecule has 1 fully saturated rings. The number of hydrogen-bond donors (Lipinski definition) is 1. The fraction of sp³-hybridized carbons (Fsp3) is 0.545. The van der Waals surface area contributed by atoms with Crippen molar-refractivity contribution in [2.45, 2.75) is 52.0 Å². The first-order chi connectivity index (χ1) is 13.7. The number of ether oxygens (including phenoxy) is 1. The molecule has 0 amide bonds. The van der Waals surface area contributed by atoms with Gasteiger partial charge in [0.25, 0.3) is 0 Å². The smallest absolute Gasteiger partial charge is 0.0968 e. The molecule has 0 radical (unpaired) electrons. The topological polar surface area (TPSA) is 66.1 Å². The molecule has 0 spiro atoms. The lowest BCUT2D eigenvalue weighted by Gasteiger charge is -2.35. The van der Waals surface area contributed by atoms with Crippen LogP contribution in [0.5, 0.6) is 0 Å². The van der Waals surface area contributed by atoms with Crippen LogP contribution in [0.4, 0.5) is 0 Å². The van der Waals surface area contributed by atoms with Crippen LogP contribution in [0, 0.1) is 11.3 Å². The van der Waals surface area contributed by atoms with Gasteiger partial charge in [0.2, 0.25) is 0 Å². The third-order valence-electron chi connectivity index (χ3n) is 4.98. The quantitative estimate of drug-likeness (QED) is 0.676. The number of benzene rings is 1. The van der Waals surface area contributed by atoms with Crippen LogP contribution in [0.3, 0.4) is 0 Å². The van der Waals surface area contributed by atoms with E-state index in [-0.39, 0.29) is 0 Å². The molecule has 2 atom stereocenters. The molecule has 1 aliphatic rings. The first kappa shape index (κ1) is 20.5. The van der Waals surface area contributed by atoms with Crippen molar-refractivity contribution >= 4 is 0 Å². The number of aromatic nitrogens is 2. The van der Waals surface area contributed by atoms with Gasteiger partial charge in [-0.05, 0) is 33.4 Å². The van der Waals surface area contributed by atoms with Gasteiger partial charge in [0.1, 0.15) is 0 Å². The molecule has 1 aliphatic heterocycles. The Kier molecular flexibility index (Phi) is 7.61. The third kappa shape index (κ3) is 5.90. The second-order valence-electron chi connectivity index (χ2n) is 7.59. The Hall–Kier alpha value is -2.20. The average Bonchev–Trinajstić information content (AvgIpc) is 3.09. The summed E-state index contributed by atoms with van der Waals surface area (Å²) in [6.45, 7) is 9.82. The van der Waals surface area contributed by atoms with E-state index in [1.54, 1.807) is 0 Å². The summed E-state index contributed by atoms with van der Waals surface area (Å²) in [5.74, 6) is 0. The highest BCUT2D eigenvalue weighted by atomic mass is 16.5. The number of nitrogens with zero attached hydrogens (tertiary/aromatic N) is 4. The minimum atomic E-state index is 0.324. The maximum Gasteiger partial charge on any atom is 0.0968 e. The second kappa shape index (κ2) is 10.4. The summed E-state index contributed by atoms with van der Waals surface area (Å²) in [6.07, 6.45) is 4.30. The van der Waals surface area contributed by atoms with E-state index in [1.807, 2.05) is 22.9 Å². The van der Waals surface area contributed by atoms with Gasteiger partial charge in [0, 0.05) is 37.0 Å². The normalized spacial score (nSPS) is 20.2. The van der Waals surface area contributed by atoms with Crippen molar-refractivity contribution in [3.8, 4) is 17.3 Å². The highest BCUT2D eigenvalue weighted by Crippen LogP contribution is 2.22. The molecule has 3 rings (SSSR count). The van der Waals surface area contributed by atoms with Crippen molar-refractivity contribution in [1.29, 1.82) is 5.26 Å². The van der Waals surface area contributed by atoms with Crippen molar-refractivity contribution in [2.24, 2.45) is 0 Å². The molecule has 0 bridgehead atoms. The molecule has 1 saturated heterocycles. The van der Waals surface area contributed by atoms with Gasteiger partial charge in [0.15, 0.2) is 0 Å². The van der Waals surface area contributed by atoms with Crippen LogP contribution >= 0.6 is 0 Å². The van der Waals surface area contributed by atoms with E-state index in [0.29, 0.717) is 25.2 Å². The Balaban J connectivity index is 1.52. The standard InChI is InChI=1S/C22H31N5O/c1-18-15-26(16-19(2)28-18)12-7-11-24-14-21-17-27(13-6-10-23)25-22(21)20-8-4-3-5-9-20/h3-5,8-9,17-19,24H,6-7,11-16H2,1-2H3. The fourth-order valence-electron chi connectivity index (χ4n) is 3.83. The highest BCUT2D eigenvalue weighted by molar-refractivity contribution is 5.62. The zero-order chi connectivity index (χ0) is 19.8. The third-order valence-corrected chi connectivity index (χ3v) is 4.98. The summed E-state index contributed by atoms with van der Waals surface area (Å²) in [5.41, 5.74) is 3.30. The van der Waals surface area contributed by atoms with E-state index in [1.165, 1.54) is 5.56 Å². The molecular formula is C22H31N5O. The number of rotatable bonds is 9. The van der Waals surface area contributed by atoms with Crippen molar-refractivity contribution < 1.29 is 4.74 Å². The zero-order valence-corrected chi connectivity index (χ0v) is 17.0. The highest BCUT2D eigenvalue weighted by Gasteiger charge is 2.21. The Morgan fingerprint density at radius 1 is 1.18 bits per heavy atom. The molecule has 28 heavy (non-hydrogen) atoms. The number of aryl methyl sites for hydroxylation is 1. The molecular weight excluding hydrogens is 350 g/mol. The molecule has 6 heteroatoms. The summed E-state index contributed by atoms with van der Waals surface area (Å²) in [4.78, 5) is 2.50. The fourth-order valence-corrected chi connectivity index (χ4v) is 3.83. The van der Waals surface area contributed by atoms with Crippen molar-refractivity contribution in [3.05, 3.63) is 42.1 Å². The Bertz CT molecular complexity index is 757. The van der Waals surface area contributed by atoms with Crippen molar-refractivity contribution in [2.75, 3.05) is 26.2 Å². The Morgan fingerprint density at radius 2 is 1.93 bits per heavy atom. The molecule has 1 N–H and O–H groups in total. The van der Waals surface area contributed by atoms with Crippen LogP contribution in [0.15, 0.2) is 36.5 Å². The first-order valence-corrected chi connectivity index (χ1v) is 10.2. The maximum absolute atomic E-state index is 8.85. The second-order valence-corrected chi connectivity index (χ2v) is 7.59. The van der Waals surface area contributed by atoms with Crippen molar-refractivity contribution in [3.63, 3.8) is 0 Å². The van der Waals surface area contributed by atoms with Crippen LogP contribution in [-0.2, 0) is 17.8 Å². The van der Waals surface area contributed by atoms with Crippen molar-refractivity contribution in [1.82, 2.24) is 20.0 Å². The molecule has 150 valence electrons. The molecule has 1 aromatic carbocycles. The summed E-state index contributed by atoms with van der Waals surface area (Å²) in [6, 6.07) is 12.4. The lowest BCUT2D eigenvalue weighted by Crippen LogP contribution is -2.46. The Labute approximate surface area is 168 Å². The number of nitriles is 1. The molecule has 2 unspecified atom stereocenters. The van der Waals surface area contributed by atoms with Crippen LogP contribution in [0.1, 0.15) is 32.3 Å². The lowest BCUT2D eigenvalue weighted by atomic mass is 10.1.